The molecule has 18 heavy (non-hydrogen) atoms. The molecule has 1 N–H and O–H groups in total. The molecule has 0 saturated carbocycles. The molecule has 0 amide bonds. The van der Waals surface area contributed by atoms with Gasteiger partial charge in [-0.1, -0.05) is 17.5 Å². The van der Waals surface area contributed by atoms with Crippen LogP contribution < -0.4 is 0 Å². The topological polar surface area (TPSA) is 76.2 Å². The maximum Gasteiger partial charge on any atom is 0.247 e. The molecule has 0 saturated heterocycles. The second-order valence-electron chi connectivity index (χ2n) is 3.24. The molecular weight excluding hydrogens is 256 g/mol. The number of aldehydes is 1. The standard InChI is InChI=1S/C12H7ClN2O3/c13-10-6-9(4-3-8(10)2-1-5-16)12-15-14-11(7-17)18-12/h3-6,17H,7H2. The monoisotopic (exact) mass is 262 g/mol. The Morgan fingerprint density at radius 1 is 1.44 bits per heavy atom. The smallest absolute Gasteiger partial charge is 0.247 e. The van der Waals surface area contributed by atoms with E-state index in [0.29, 0.717) is 22.4 Å². The van der Waals surface area contributed by atoms with Crippen LogP contribution in [0.5, 0.6) is 0 Å². The van der Waals surface area contributed by atoms with Gasteiger partial charge in [-0.25, -0.2) is 0 Å². The van der Waals surface area contributed by atoms with Gasteiger partial charge in [0.15, 0.2) is 6.29 Å². The zero-order chi connectivity index (χ0) is 13.0. The van der Waals surface area contributed by atoms with E-state index in [1.807, 2.05) is 0 Å². The van der Waals surface area contributed by atoms with E-state index >= 15 is 0 Å². The fourth-order valence-electron chi connectivity index (χ4n) is 1.29. The van der Waals surface area contributed by atoms with Crippen molar-refractivity contribution in [2.75, 3.05) is 0 Å². The minimum atomic E-state index is -0.316. The van der Waals surface area contributed by atoms with Crippen molar-refractivity contribution in [2.24, 2.45) is 0 Å². The van der Waals surface area contributed by atoms with Crippen LogP contribution in [0, 0.1) is 11.8 Å². The third kappa shape index (κ3) is 2.56. The van der Waals surface area contributed by atoms with Crippen molar-refractivity contribution in [3.05, 3.63) is 34.7 Å². The number of carbonyl (C=O) groups is 1. The van der Waals surface area contributed by atoms with Crippen LogP contribution >= 0.6 is 11.6 Å². The average Bonchev–Trinajstić information content (AvgIpc) is 2.86. The number of hydrogen-bond acceptors (Lipinski definition) is 5. The number of rotatable bonds is 2. The van der Waals surface area contributed by atoms with Gasteiger partial charge in [-0.15, -0.1) is 10.2 Å². The molecule has 1 heterocycles. The minimum Gasteiger partial charge on any atom is -0.418 e. The van der Waals surface area contributed by atoms with Gasteiger partial charge in [0.1, 0.15) is 6.61 Å². The highest BCUT2D eigenvalue weighted by Gasteiger charge is 2.09. The van der Waals surface area contributed by atoms with E-state index in [4.69, 9.17) is 21.1 Å². The summed E-state index contributed by atoms with van der Waals surface area (Å²) in [5.41, 5.74) is 1.15. The van der Waals surface area contributed by atoms with Gasteiger partial charge in [-0.2, -0.15) is 0 Å². The molecule has 0 radical (unpaired) electrons. The van der Waals surface area contributed by atoms with E-state index in [2.05, 4.69) is 22.0 Å². The summed E-state index contributed by atoms with van der Waals surface area (Å²) in [6.45, 7) is -0.316. The van der Waals surface area contributed by atoms with Crippen LogP contribution in [-0.2, 0) is 11.4 Å². The van der Waals surface area contributed by atoms with E-state index < -0.39 is 0 Å². The Hall–Kier alpha value is -2.16. The van der Waals surface area contributed by atoms with Gasteiger partial charge in [0, 0.05) is 11.1 Å². The zero-order valence-electron chi connectivity index (χ0n) is 9.05. The summed E-state index contributed by atoms with van der Waals surface area (Å²) in [5.74, 6) is 5.27. The number of aliphatic hydroxyl groups excluding tert-OH is 1. The number of benzene rings is 1. The van der Waals surface area contributed by atoms with Gasteiger partial charge in [0.2, 0.25) is 11.8 Å². The molecule has 90 valence electrons. The van der Waals surface area contributed by atoms with Crippen LogP contribution in [0.2, 0.25) is 5.02 Å². The second kappa shape index (κ2) is 5.45. The Bertz CT molecular complexity index is 640. The Morgan fingerprint density at radius 2 is 2.28 bits per heavy atom. The van der Waals surface area contributed by atoms with E-state index in [-0.39, 0.29) is 18.4 Å². The molecule has 0 aliphatic heterocycles. The lowest BCUT2D eigenvalue weighted by atomic mass is 10.1. The molecule has 0 fully saturated rings. The summed E-state index contributed by atoms with van der Waals surface area (Å²) in [6.07, 6.45) is 0.496. The molecule has 0 aliphatic rings. The Labute approximate surface area is 107 Å². The van der Waals surface area contributed by atoms with Crippen molar-refractivity contribution in [1.82, 2.24) is 10.2 Å². The molecule has 1 aromatic heterocycles. The summed E-state index contributed by atoms with van der Waals surface area (Å²) >= 11 is 6.00. The molecule has 0 aliphatic carbocycles. The van der Waals surface area contributed by atoms with Crippen LogP contribution in [0.3, 0.4) is 0 Å². The van der Waals surface area contributed by atoms with Gasteiger partial charge < -0.3 is 9.52 Å². The molecule has 2 aromatic rings. The molecular formula is C12H7ClN2O3. The predicted octanol–water partition coefficient (Wildman–Crippen LogP) is 1.43. The highest BCUT2D eigenvalue weighted by molar-refractivity contribution is 6.32. The normalized spacial score (nSPS) is 9.67. The molecule has 0 bridgehead atoms. The van der Waals surface area contributed by atoms with E-state index in [9.17, 15) is 4.79 Å². The maximum absolute atomic E-state index is 10.1. The first kappa shape index (κ1) is 12.3. The quantitative estimate of drug-likeness (QED) is 0.654. The summed E-state index contributed by atoms with van der Waals surface area (Å²) in [4.78, 5) is 10.1. The molecule has 5 nitrogen and oxygen atoms in total. The first-order valence-electron chi connectivity index (χ1n) is 4.93. The second-order valence-corrected chi connectivity index (χ2v) is 3.65. The first-order chi connectivity index (χ1) is 8.74. The van der Waals surface area contributed by atoms with Gasteiger partial charge in [-0.05, 0) is 24.1 Å². The number of aliphatic hydroxyl groups is 1. The SMILES string of the molecule is O=CC#Cc1ccc(-c2nnc(CO)o2)cc1Cl. The number of halogens is 1. The summed E-state index contributed by atoms with van der Waals surface area (Å²) in [6, 6.07) is 4.94. The fourth-order valence-corrected chi connectivity index (χ4v) is 1.52. The molecule has 1 aromatic carbocycles. The van der Waals surface area contributed by atoms with E-state index in [0.717, 1.165) is 0 Å². The van der Waals surface area contributed by atoms with Crippen LogP contribution in [0.1, 0.15) is 11.5 Å². The predicted molar refractivity (Wildman–Crippen MR) is 63.6 cm³/mol. The van der Waals surface area contributed by atoms with Crippen LogP contribution in [-0.4, -0.2) is 21.6 Å². The van der Waals surface area contributed by atoms with Crippen LogP contribution in [0.4, 0.5) is 0 Å². The third-order valence-electron chi connectivity index (χ3n) is 2.08. The van der Waals surface area contributed by atoms with E-state index in [1.165, 1.54) is 0 Å². The maximum atomic E-state index is 10.1. The Balaban J connectivity index is 2.36. The highest BCUT2D eigenvalue weighted by atomic mass is 35.5. The number of carbonyl (C=O) groups excluding carboxylic acids is 1. The Morgan fingerprint density at radius 3 is 2.89 bits per heavy atom. The van der Waals surface area contributed by atoms with Crippen molar-refractivity contribution in [3.63, 3.8) is 0 Å². The van der Waals surface area contributed by atoms with Gasteiger partial charge in [0.05, 0.1) is 5.02 Å². The molecule has 2 rings (SSSR count). The lowest BCUT2D eigenvalue weighted by molar-refractivity contribution is -0.103. The third-order valence-corrected chi connectivity index (χ3v) is 2.40. The van der Waals surface area contributed by atoms with Gasteiger partial charge in [-0.3, -0.25) is 4.79 Å². The summed E-state index contributed by atoms with van der Waals surface area (Å²) in [7, 11) is 0. The van der Waals surface area contributed by atoms with Crippen LogP contribution in [0.15, 0.2) is 22.6 Å². The highest BCUT2D eigenvalue weighted by Crippen LogP contribution is 2.24. The van der Waals surface area contributed by atoms with E-state index in [1.54, 1.807) is 18.2 Å². The van der Waals surface area contributed by atoms with Crippen molar-refractivity contribution < 1.29 is 14.3 Å². The van der Waals surface area contributed by atoms with Crippen molar-refractivity contribution in [3.8, 4) is 23.3 Å². The first-order valence-corrected chi connectivity index (χ1v) is 5.30. The summed E-state index contributed by atoms with van der Waals surface area (Å²) < 4.78 is 5.17. The average molecular weight is 263 g/mol. The zero-order valence-corrected chi connectivity index (χ0v) is 9.81. The van der Waals surface area contributed by atoms with Crippen molar-refractivity contribution >= 4 is 17.9 Å². The fraction of sp³-hybridized carbons (Fsp3) is 0.0833. The molecule has 0 unspecified atom stereocenters. The van der Waals surface area contributed by atoms with Gasteiger partial charge in [0.25, 0.3) is 0 Å². The number of hydrogen-bond donors (Lipinski definition) is 1. The lowest BCUT2D eigenvalue weighted by Gasteiger charge is -1.98. The number of aromatic nitrogens is 2. The van der Waals surface area contributed by atoms with Crippen molar-refractivity contribution in [1.29, 1.82) is 0 Å². The molecule has 0 spiro atoms. The lowest BCUT2D eigenvalue weighted by Crippen LogP contribution is -1.82. The van der Waals surface area contributed by atoms with Crippen molar-refractivity contribution in [2.45, 2.75) is 6.61 Å². The molecule has 0 atom stereocenters. The van der Waals surface area contributed by atoms with Crippen LogP contribution in [0.25, 0.3) is 11.5 Å². The Kier molecular flexibility index (Phi) is 3.72. The van der Waals surface area contributed by atoms with Gasteiger partial charge >= 0.3 is 0 Å². The molecule has 6 heteroatoms. The largest absolute Gasteiger partial charge is 0.418 e. The summed E-state index contributed by atoms with van der Waals surface area (Å²) in [5, 5.41) is 16.6. The number of nitrogens with zero attached hydrogens (tertiary/aromatic N) is 2. The minimum absolute atomic E-state index is 0.131.